The normalized spacial score (nSPS) is 14.9. The molecule has 1 aliphatic rings. The van der Waals surface area contributed by atoms with Crippen molar-refractivity contribution in [1.29, 1.82) is 0 Å². The first-order chi connectivity index (χ1) is 17.5. The molecule has 0 unspecified atom stereocenters. The van der Waals surface area contributed by atoms with Gasteiger partial charge >= 0.3 is 5.97 Å². The number of nitrogens with zero attached hydrogens (tertiary/aromatic N) is 1. The zero-order chi connectivity index (χ0) is 25.2. The van der Waals surface area contributed by atoms with Gasteiger partial charge in [0.25, 0.3) is 5.91 Å². The van der Waals surface area contributed by atoms with Gasteiger partial charge in [-0.15, -0.1) is 11.3 Å². The zero-order valence-electron chi connectivity index (χ0n) is 20.3. The first-order valence-corrected chi connectivity index (χ1v) is 13.5. The first-order valence-electron chi connectivity index (χ1n) is 12.3. The summed E-state index contributed by atoms with van der Waals surface area (Å²) in [6, 6.07) is 16.9. The maximum atomic E-state index is 13.8. The number of amides is 1. The van der Waals surface area contributed by atoms with Crippen LogP contribution >= 0.6 is 22.9 Å². The summed E-state index contributed by atoms with van der Waals surface area (Å²) in [5.74, 6) is -0.0969. The monoisotopic (exact) mass is 518 g/mol. The van der Waals surface area contributed by atoms with Crippen molar-refractivity contribution in [2.75, 3.05) is 11.9 Å². The van der Waals surface area contributed by atoms with Crippen LogP contribution in [0.5, 0.6) is 0 Å². The second kappa shape index (κ2) is 10.4. The highest BCUT2D eigenvalue weighted by atomic mass is 35.5. The van der Waals surface area contributed by atoms with Gasteiger partial charge in [-0.05, 0) is 61.9 Å². The molecule has 36 heavy (non-hydrogen) atoms. The Balaban J connectivity index is 1.59. The van der Waals surface area contributed by atoms with E-state index in [4.69, 9.17) is 21.3 Å². The molecule has 0 aliphatic heterocycles. The molecule has 0 fully saturated rings. The molecule has 1 aliphatic carbocycles. The molecule has 2 heterocycles. The Bertz CT molecular complexity index is 1450. The molecule has 4 aromatic rings. The number of carbonyl (C=O) groups excluding carboxylic acids is 2. The quantitative estimate of drug-likeness (QED) is 0.267. The van der Waals surface area contributed by atoms with Gasteiger partial charge in [0.05, 0.1) is 28.9 Å². The summed E-state index contributed by atoms with van der Waals surface area (Å²) >= 11 is 7.78. The molecule has 7 heteroatoms. The zero-order valence-corrected chi connectivity index (χ0v) is 21.8. The van der Waals surface area contributed by atoms with E-state index in [1.54, 1.807) is 25.1 Å². The molecule has 2 aromatic heterocycles. The molecule has 0 spiro atoms. The van der Waals surface area contributed by atoms with Gasteiger partial charge in [-0.3, -0.25) is 4.79 Å². The van der Waals surface area contributed by atoms with Crippen LogP contribution in [0.25, 0.3) is 22.2 Å². The van der Waals surface area contributed by atoms with Gasteiger partial charge in [0.15, 0.2) is 0 Å². The number of hydrogen-bond acceptors (Lipinski definition) is 5. The van der Waals surface area contributed by atoms with Crippen LogP contribution in [-0.2, 0) is 17.6 Å². The highest BCUT2D eigenvalue weighted by Gasteiger charge is 2.30. The highest BCUT2D eigenvalue weighted by Crippen LogP contribution is 2.41. The lowest BCUT2D eigenvalue weighted by Crippen LogP contribution is -2.17. The smallest absolute Gasteiger partial charge is 0.341 e. The molecule has 5 nitrogen and oxygen atoms in total. The van der Waals surface area contributed by atoms with Crippen molar-refractivity contribution >= 4 is 50.7 Å². The Kier molecular flexibility index (Phi) is 7.08. The van der Waals surface area contributed by atoms with Gasteiger partial charge in [-0.25, -0.2) is 9.78 Å². The minimum atomic E-state index is -0.382. The van der Waals surface area contributed by atoms with Crippen molar-refractivity contribution in [2.24, 2.45) is 5.92 Å². The van der Waals surface area contributed by atoms with E-state index >= 15 is 0 Å². The van der Waals surface area contributed by atoms with Crippen molar-refractivity contribution in [1.82, 2.24) is 4.98 Å². The number of rotatable bonds is 6. The van der Waals surface area contributed by atoms with E-state index in [-0.39, 0.29) is 18.5 Å². The van der Waals surface area contributed by atoms with Crippen LogP contribution < -0.4 is 5.32 Å². The van der Waals surface area contributed by atoms with Gasteiger partial charge in [-0.2, -0.15) is 0 Å². The summed E-state index contributed by atoms with van der Waals surface area (Å²) in [5.41, 5.74) is 4.25. The van der Waals surface area contributed by atoms with Crippen molar-refractivity contribution in [3.8, 4) is 11.3 Å². The van der Waals surface area contributed by atoms with Crippen LogP contribution in [0.1, 0.15) is 57.8 Å². The molecular formula is C29H27ClN2O3S. The molecule has 2 aromatic carbocycles. The predicted octanol–water partition coefficient (Wildman–Crippen LogP) is 7.56. The molecule has 1 amide bonds. The summed E-state index contributed by atoms with van der Waals surface area (Å²) in [6.07, 6.45) is 3.87. The third-order valence-corrected chi connectivity index (χ3v) is 8.14. The van der Waals surface area contributed by atoms with E-state index in [1.807, 2.05) is 36.4 Å². The SMILES string of the molecule is CCOC(=O)c1c(NC(=O)c2cc(-c3ccccc3)nc3ccc(Cl)cc23)sc2c1CC[C@H](CC)C2. The average Bonchev–Trinajstić information content (AvgIpc) is 3.25. The van der Waals surface area contributed by atoms with Crippen molar-refractivity contribution in [3.05, 3.63) is 81.2 Å². The fraction of sp³-hybridized carbons (Fsp3) is 0.276. The fourth-order valence-electron chi connectivity index (χ4n) is 4.82. The third kappa shape index (κ3) is 4.75. The van der Waals surface area contributed by atoms with E-state index in [1.165, 1.54) is 16.2 Å². The van der Waals surface area contributed by atoms with Gasteiger partial charge < -0.3 is 10.1 Å². The Labute approximate surface area is 219 Å². The third-order valence-electron chi connectivity index (χ3n) is 6.74. The van der Waals surface area contributed by atoms with Crippen LogP contribution in [0.4, 0.5) is 5.00 Å². The number of hydrogen-bond donors (Lipinski definition) is 1. The molecule has 0 radical (unpaired) electrons. The number of fused-ring (bicyclic) bond motifs is 2. The number of aromatic nitrogens is 1. The van der Waals surface area contributed by atoms with Crippen molar-refractivity contribution in [3.63, 3.8) is 0 Å². The van der Waals surface area contributed by atoms with Crippen LogP contribution in [-0.4, -0.2) is 23.5 Å². The number of anilines is 1. The Morgan fingerprint density at radius 3 is 2.69 bits per heavy atom. The summed E-state index contributed by atoms with van der Waals surface area (Å²) in [6.45, 7) is 4.27. The van der Waals surface area contributed by atoms with Gasteiger partial charge in [0.2, 0.25) is 0 Å². The molecule has 1 atom stereocenters. The molecule has 0 saturated carbocycles. The molecule has 0 saturated heterocycles. The summed E-state index contributed by atoms with van der Waals surface area (Å²) in [4.78, 5) is 32.7. The minimum absolute atomic E-state index is 0.280. The number of benzene rings is 2. The Morgan fingerprint density at radius 2 is 1.94 bits per heavy atom. The lowest BCUT2D eigenvalue weighted by Gasteiger charge is -2.20. The average molecular weight is 519 g/mol. The number of ether oxygens (including phenoxy) is 1. The second-order valence-corrected chi connectivity index (χ2v) is 10.5. The summed E-state index contributed by atoms with van der Waals surface area (Å²) in [7, 11) is 0. The van der Waals surface area contributed by atoms with Gasteiger partial charge in [0.1, 0.15) is 5.00 Å². The topological polar surface area (TPSA) is 68.3 Å². The Morgan fingerprint density at radius 1 is 1.14 bits per heavy atom. The summed E-state index contributed by atoms with van der Waals surface area (Å²) in [5, 5.41) is 4.78. The summed E-state index contributed by atoms with van der Waals surface area (Å²) < 4.78 is 5.39. The molecule has 0 bridgehead atoms. The van der Waals surface area contributed by atoms with Crippen LogP contribution in [0.2, 0.25) is 5.02 Å². The maximum absolute atomic E-state index is 13.8. The van der Waals surface area contributed by atoms with E-state index in [0.717, 1.165) is 36.8 Å². The number of halogens is 1. The molecule has 184 valence electrons. The van der Waals surface area contributed by atoms with E-state index in [9.17, 15) is 9.59 Å². The largest absolute Gasteiger partial charge is 0.462 e. The minimum Gasteiger partial charge on any atom is -0.462 e. The van der Waals surface area contributed by atoms with Crippen LogP contribution in [0.3, 0.4) is 0 Å². The predicted molar refractivity (Wildman–Crippen MR) is 146 cm³/mol. The van der Waals surface area contributed by atoms with E-state index in [0.29, 0.717) is 43.7 Å². The number of carbonyl (C=O) groups is 2. The lowest BCUT2D eigenvalue weighted by molar-refractivity contribution is 0.0526. The number of thiophene rings is 1. The van der Waals surface area contributed by atoms with Gasteiger partial charge in [0, 0.05) is 20.8 Å². The molecule has 1 N–H and O–H groups in total. The van der Waals surface area contributed by atoms with Crippen molar-refractivity contribution < 1.29 is 14.3 Å². The molecule has 5 rings (SSSR count). The Hall–Kier alpha value is -3.22. The van der Waals surface area contributed by atoms with Crippen LogP contribution in [0.15, 0.2) is 54.6 Å². The number of esters is 1. The standard InChI is InChI=1S/C29H27ClN2O3S/c1-3-17-10-12-20-25(14-17)36-28(26(20)29(34)35-4-2)32-27(33)22-16-24(18-8-6-5-7-9-18)31-23-13-11-19(30)15-21(22)23/h5-9,11,13,15-17H,3-4,10,12,14H2,1-2H3,(H,32,33)/t17-/m0/s1. The first kappa shape index (κ1) is 24.5. The lowest BCUT2D eigenvalue weighted by atomic mass is 9.85. The molecular weight excluding hydrogens is 492 g/mol. The fourth-order valence-corrected chi connectivity index (χ4v) is 6.34. The van der Waals surface area contributed by atoms with Crippen LogP contribution in [0, 0.1) is 5.92 Å². The van der Waals surface area contributed by atoms with E-state index < -0.39 is 0 Å². The number of pyridine rings is 1. The second-order valence-electron chi connectivity index (χ2n) is 8.98. The highest BCUT2D eigenvalue weighted by molar-refractivity contribution is 7.17. The maximum Gasteiger partial charge on any atom is 0.341 e. The van der Waals surface area contributed by atoms with Gasteiger partial charge in [-0.1, -0.05) is 55.3 Å². The number of nitrogens with one attached hydrogen (secondary N) is 1. The van der Waals surface area contributed by atoms with Crippen molar-refractivity contribution in [2.45, 2.75) is 39.5 Å². The van der Waals surface area contributed by atoms with E-state index in [2.05, 4.69) is 12.2 Å².